The van der Waals surface area contributed by atoms with Gasteiger partial charge in [0.1, 0.15) is 5.82 Å². The number of benzene rings is 1. The molecule has 0 unspecified atom stereocenters. The van der Waals surface area contributed by atoms with Gasteiger partial charge >= 0.3 is 0 Å². The Morgan fingerprint density at radius 2 is 1.85 bits per heavy atom. The van der Waals surface area contributed by atoms with E-state index in [1.807, 2.05) is 18.2 Å². The maximum absolute atomic E-state index is 12.4. The first kappa shape index (κ1) is 17.6. The van der Waals surface area contributed by atoms with Gasteiger partial charge in [-0.2, -0.15) is 0 Å². The van der Waals surface area contributed by atoms with Crippen LogP contribution in [0.1, 0.15) is 57.2 Å². The minimum Gasteiger partial charge on any atom is -0.353 e. The van der Waals surface area contributed by atoms with Crippen molar-refractivity contribution in [3.63, 3.8) is 0 Å². The molecule has 6 heteroatoms. The predicted molar refractivity (Wildman–Crippen MR) is 104 cm³/mol. The van der Waals surface area contributed by atoms with E-state index in [-0.39, 0.29) is 5.91 Å². The molecule has 2 saturated carbocycles. The van der Waals surface area contributed by atoms with Gasteiger partial charge in [0.15, 0.2) is 5.16 Å². The van der Waals surface area contributed by atoms with E-state index in [1.165, 1.54) is 37.4 Å². The highest BCUT2D eigenvalue weighted by molar-refractivity contribution is 7.99. The monoisotopic (exact) mass is 370 g/mol. The zero-order chi connectivity index (χ0) is 17.9. The van der Waals surface area contributed by atoms with Crippen LogP contribution in [0.25, 0.3) is 5.69 Å². The van der Waals surface area contributed by atoms with Crippen LogP contribution in [0.15, 0.2) is 35.5 Å². The van der Waals surface area contributed by atoms with Crippen LogP contribution in [0.5, 0.6) is 0 Å². The number of hydrogen-bond donors (Lipinski definition) is 1. The van der Waals surface area contributed by atoms with Gasteiger partial charge in [0.2, 0.25) is 5.91 Å². The molecule has 2 aromatic rings. The fourth-order valence-electron chi connectivity index (χ4n) is 3.60. The van der Waals surface area contributed by atoms with Crippen LogP contribution in [-0.4, -0.2) is 32.5 Å². The van der Waals surface area contributed by atoms with Crippen molar-refractivity contribution in [3.8, 4) is 5.69 Å². The van der Waals surface area contributed by atoms with Crippen molar-refractivity contribution in [2.24, 2.45) is 5.92 Å². The Bertz CT molecular complexity index is 748. The number of thioether (sulfide) groups is 1. The van der Waals surface area contributed by atoms with Crippen molar-refractivity contribution < 1.29 is 4.79 Å². The fraction of sp³-hybridized carbons (Fsp3) is 0.550. The molecular formula is C20H26N4OS. The van der Waals surface area contributed by atoms with E-state index in [2.05, 4.69) is 39.1 Å². The Kier molecular flexibility index (Phi) is 5.29. The molecular weight excluding hydrogens is 344 g/mol. The second-order valence-electron chi connectivity index (χ2n) is 7.60. The van der Waals surface area contributed by atoms with Gasteiger partial charge in [-0.1, -0.05) is 36.9 Å². The molecule has 138 valence electrons. The van der Waals surface area contributed by atoms with Crippen LogP contribution in [0.3, 0.4) is 0 Å². The number of amides is 1. The highest BCUT2D eigenvalue weighted by atomic mass is 32.2. The summed E-state index contributed by atoms with van der Waals surface area (Å²) in [6.45, 7) is 2.29. The lowest BCUT2D eigenvalue weighted by Gasteiger charge is -2.26. The molecule has 0 saturated heterocycles. The summed E-state index contributed by atoms with van der Waals surface area (Å²) in [5.41, 5.74) is 1.07. The number of nitrogens with one attached hydrogen (secondary N) is 1. The molecule has 0 spiro atoms. The molecule has 0 atom stereocenters. The molecule has 0 radical (unpaired) electrons. The number of para-hydroxylation sites is 1. The highest BCUT2D eigenvalue weighted by Gasteiger charge is 2.31. The first-order valence-electron chi connectivity index (χ1n) is 9.63. The summed E-state index contributed by atoms with van der Waals surface area (Å²) < 4.78 is 2.12. The fourth-order valence-corrected chi connectivity index (χ4v) is 4.37. The summed E-state index contributed by atoms with van der Waals surface area (Å²) in [5.74, 6) is 2.82. The van der Waals surface area contributed by atoms with Gasteiger partial charge in [-0.05, 0) is 56.6 Å². The summed E-state index contributed by atoms with van der Waals surface area (Å²) in [7, 11) is 0. The predicted octanol–water partition coefficient (Wildman–Crippen LogP) is 3.93. The van der Waals surface area contributed by atoms with Gasteiger partial charge in [0.25, 0.3) is 0 Å². The van der Waals surface area contributed by atoms with E-state index < -0.39 is 0 Å². The molecule has 1 aromatic heterocycles. The number of rotatable bonds is 6. The third-order valence-electron chi connectivity index (χ3n) is 5.33. The van der Waals surface area contributed by atoms with E-state index in [1.54, 1.807) is 0 Å². The molecule has 2 fully saturated rings. The van der Waals surface area contributed by atoms with Gasteiger partial charge in [0, 0.05) is 17.6 Å². The van der Waals surface area contributed by atoms with Crippen molar-refractivity contribution in [1.82, 2.24) is 20.1 Å². The second kappa shape index (κ2) is 7.82. The van der Waals surface area contributed by atoms with Crippen molar-refractivity contribution in [1.29, 1.82) is 0 Å². The first-order chi connectivity index (χ1) is 12.7. The summed E-state index contributed by atoms with van der Waals surface area (Å²) >= 11 is 1.48. The molecule has 2 aliphatic carbocycles. The smallest absolute Gasteiger partial charge is 0.230 e. The van der Waals surface area contributed by atoms with Gasteiger partial charge in [0.05, 0.1) is 5.75 Å². The molecule has 0 aliphatic heterocycles. The quantitative estimate of drug-likeness (QED) is 0.783. The minimum absolute atomic E-state index is 0.102. The average Bonchev–Trinajstić information content (AvgIpc) is 3.42. The van der Waals surface area contributed by atoms with E-state index in [4.69, 9.17) is 0 Å². The van der Waals surface area contributed by atoms with Crippen LogP contribution >= 0.6 is 11.8 Å². The molecule has 1 N–H and O–H groups in total. The summed E-state index contributed by atoms with van der Waals surface area (Å²) in [5, 5.41) is 12.8. The molecule has 5 nitrogen and oxygen atoms in total. The van der Waals surface area contributed by atoms with E-state index in [9.17, 15) is 4.79 Å². The molecule has 4 rings (SSSR count). The van der Waals surface area contributed by atoms with Gasteiger partial charge in [-0.15, -0.1) is 10.2 Å². The number of hydrogen-bond acceptors (Lipinski definition) is 4. The van der Waals surface area contributed by atoms with Crippen LogP contribution in [0.2, 0.25) is 0 Å². The highest BCUT2D eigenvalue weighted by Crippen LogP contribution is 2.41. The standard InChI is InChI=1S/C20H26N4OS/c1-14-7-11-16(12-8-14)21-18(25)13-26-20-23-22-19(15-9-10-15)24(20)17-5-3-2-4-6-17/h2-6,14-16H,7-13H2,1H3,(H,21,25). The summed E-state index contributed by atoms with van der Waals surface area (Å²) in [4.78, 5) is 12.4. The normalized spacial score (nSPS) is 23.0. The lowest BCUT2D eigenvalue weighted by molar-refractivity contribution is -0.119. The van der Waals surface area contributed by atoms with Crippen LogP contribution < -0.4 is 5.32 Å². The van der Waals surface area contributed by atoms with Gasteiger partial charge < -0.3 is 5.32 Å². The third kappa shape index (κ3) is 4.11. The van der Waals surface area contributed by atoms with E-state index in [0.29, 0.717) is 17.7 Å². The molecule has 1 aromatic carbocycles. The third-order valence-corrected chi connectivity index (χ3v) is 6.26. The molecule has 0 bridgehead atoms. The number of aromatic nitrogens is 3. The van der Waals surface area contributed by atoms with Crippen molar-refractivity contribution in [2.45, 2.75) is 62.6 Å². The maximum atomic E-state index is 12.4. The minimum atomic E-state index is 0.102. The van der Waals surface area contributed by atoms with E-state index >= 15 is 0 Å². The first-order valence-corrected chi connectivity index (χ1v) is 10.6. The Hall–Kier alpha value is -1.82. The van der Waals surface area contributed by atoms with Crippen LogP contribution in [0.4, 0.5) is 0 Å². The van der Waals surface area contributed by atoms with Crippen LogP contribution in [-0.2, 0) is 4.79 Å². The van der Waals surface area contributed by atoms with Gasteiger partial charge in [-0.3, -0.25) is 9.36 Å². The summed E-state index contributed by atoms with van der Waals surface area (Å²) in [6, 6.07) is 10.5. The average molecular weight is 371 g/mol. The van der Waals surface area contributed by atoms with Crippen LogP contribution in [0, 0.1) is 5.92 Å². The Labute approximate surface area is 159 Å². The summed E-state index contributed by atoms with van der Waals surface area (Å²) in [6.07, 6.45) is 6.98. The zero-order valence-electron chi connectivity index (χ0n) is 15.2. The Morgan fingerprint density at radius 3 is 2.54 bits per heavy atom. The van der Waals surface area contributed by atoms with Crippen molar-refractivity contribution in [2.75, 3.05) is 5.75 Å². The second-order valence-corrected chi connectivity index (χ2v) is 8.54. The number of carbonyl (C=O) groups is 1. The molecule has 1 heterocycles. The molecule has 1 amide bonds. The van der Waals surface area contributed by atoms with Crippen molar-refractivity contribution >= 4 is 17.7 Å². The largest absolute Gasteiger partial charge is 0.353 e. The van der Waals surface area contributed by atoms with E-state index in [0.717, 1.165) is 35.4 Å². The topological polar surface area (TPSA) is 59.8 Å². The molecule has 26 heavy (non-hydrogen) atoms. The zero-order valence-corrected chi connectivity index (χ0v) is 16.0. The Balaban J connectivity index is 1.41. The maximum Gasteiger partial charge on any atom is 0.230 e. The lowest BCUT2D eigenvalue weighted by atomic mass is 9.87. The number of carbonyl (C=O) groups excluding carboxylic acids is 1. The molecule has 2 aliphatic rings. The lowest BCUT2D eigenvalue weighted by Crippen LogP contribution is -2.38. The van der Waals surface area contributed by atoms with Gasteiger partial charge in [-0.25, -0.2) is 0 Å². The Morgan fingerprint density at radius 1 is 1.12 bits per heavy atom. The number of nitrogens with zero attached hydrogens (tertiary/aromatic N) is 3. The SMILES string of the molecule is CC1CCC(NC(=O)CSc2nnc(C3CC3)n2-c2ccccc2)CC1. The van der Waals surface area contributed by atoms with Crippen molar-refractivity contribution in [3.05, 3.63) is 36.2 Å².